The number of imidazole rings is 1. The number of phenols is 1. The number of phenolic OH excluding ortho intramolecular Hbond substituents is 1. The molecule has 33 heavy (non-hydrogen) atoms. The molecule has 4 heterocycles. The van der Waals surface area contributed by atoms with Gasteiger partial charge < -0.3 is 19.9 Å². The molecule has 2 aromatic heterocycles. The second-order valence-electron chi connectivity index (χ2n) is 10.3. The lowest BCUT2D eigenvalue weighted by Gasteiger charge is -2.58. The molecule has 2 N–H and O–H groups in total. The van der Waals surface area contributed by atoms with Crippen molar-refractivity contribution in [1.82, 2.24) is 24.8 Å². The fraction of sp³-hybridized carbons (Fsp3) is 0.480. The van der Waals surface area contributed by atoms with E-state index in [9.17, 15) is 5.11 Å². The molecule has 0 spiro atoms. The van der Waals surface area contributed by atoms with Gasteiger partial charge in [0.1, 0.15) is 17.7 Å². The lowest BCUT2D eigenvalue weighted by atomic mass is 9.64. The molecule has 2 aliphatic heterocycles. The zero-order valence-corrected chi connectivity index (χ0v) is 19.5. The van der Waals surface area contributed by atoms with E-state index in [0.717, 1.165) is 18.5 Å². The first-order chi connectivity index (χ1) is 15.7. The van der Waals surface area contributed by atoms with Crippen LogP contribution in [0.25, 0.3) is 16.9 Å². The van der Waals surface area contributed by atoms with E-state index >= 15 is 4.39 Å². The normalized spacial score (nSPS) is 31.4. The van der Waals surface area contributed by atoms with Gasteiger partial charge in [0.15, 0.2) is 0 Å². The molecule has 5 atom stereocenters. The van der Waals surface area contributed by atoms with E-state index in [1.807, 2.05) is 41.8 Å². The SMILES string of the molecule is C[C@@H]1C[C@@]2(C)C[C@H](N(C)c3cnc(-c4ccc(-n5ccnc5)cc4O)cn3)[C@@H](F)[C@@](C)(C1)N2. The number of halogens is 1. The van der Waals surface area contributed by atoms with Crippen molar-refractivity contribution in [3.8, 4) is 22.7 Å². The molecule has 3 aromatic rings. The minimum atomic E-state index is -1.01. The van der Waals surface area contributed by atoms with Gasteiger partial charge in [-0.3, -0.25) is 4.98 Å². The van der Waals surface area contributed by atoms with Gasteiger partial charge in [-0.15, -0.1) is 0 Å². The predicted octanol–water partition coefficient (Wildman–Crippen LogP) is 4.12. The highest BCUT2D eigenvalue weighted by molar-refractivity contribution is 5.68. The van der Waals surface area contributed by atoms with Gasteiger partial charge in [-0.2, -0.15) is 0 Å². The average molecular weight is 451 g/mol. The summed E-state index contributed by atoms with van der Waals surface area (Å²) >= 11 is 0. The number of alkyl halides is 1. The van der Waals surface area contributed by atoms with E-state index < -0.39 is 11.7 Å². The molecule has 2 fully saturated rings. The first kappa shape index (κ1) is 21.8. The minimum Gasteiger partial charge on any atom is -0.507 e. The van der Waals surface area contributed by atoms with Crippen LogP contribution in [0.3, 0.4) is 0 Å². The second-order valence-corrected chi connectivity index (χ2v) is 10.3. The molecule has 0 amide bonds. The Hall–Kier alpha value is -3.00. The van der Waals surface area contributed by atoms with E-state index in [1.165, 1.54) is 0 Å². The summed E-state index contributed by atoms with van der Waals surface area (Å²) in [6.07, 6.45) is 10.0. The van der Waals surface area contributed by atoms with Crippen LogP contribution in [0.2, 0.25) is 0 Å². The molecule has 5 rings (SSSR count). The number of rotatable bonds is 4. The van der Waals surface area contributed by atoms with E-state index in [2.05, 4.69) is 34.1 Å². The van der Waals surface area contributed by atoms with Crippen LogP contribution in [-0.2, 0) is 0 Å². The summed E-state index contributed by atoms with van der Waals surface area (Å²) in [4.78, 5) is 15.1. The van der Waals surface area contributed by atoms with Crippen molar-refractivity contribution < 1.29 is 9.50 Å². The zero-order chi connectivity index (χ0) is 23.4. The van der Waals surface area contributed by atoms with Crippen molar-refractivity contribution in [3.63, 3.8) is 0 Å². The van der Waals surface area contributed by atoms with Crippen LogP contribution in [0, 0.1) is 5.92 Å². The molecule has 2 saturated heterocycles. The molecule has 0 radical (unpaired) electrons. The number of hydrogen-bond acceptors (Lipinski definition) is 6. The van der Waals surface area contributed by atoms with Crippen LogP contribution in [0.1, 0.15) is 40.0 Å². The average Bonchev–Trinajstić information content (AvgIpc) is 3.30. The van der Waals surface area contributed by atoms with Crippen LogP contribution in [0.5, 0.6) is 5.75 Å². The standard InChI is InChI=1S/C25H31FN6O/c1-16-10-24(2)12-20(23(26)25(3,11-16)30-24)31(4)22-14-28-19(13-29-22)18-6-5-17(9-21(18)33)32-8-7-27-15-32/h5-9,13-16,20,23,30,33H,10-12H2,1-4H3/t16-,20+,23-,24+,25-/m1/s1. The van der Waals surface area contributed by atoms with Gasteiger partial charge in [-0.05, 0) is 51.2 Å². The molecule has 1 aromatic carbocycles. The number of fused-ring (bicyclic) bond motifs is 2. The molecule has 174 valence electrons. The third-order valence-electron chi connectivity index (χ3n) is 7.32. The van der Waals surface area contributed by atoms with Crippen molar-refractivity contribution in [2.45, 2.75) is 63.3 Å². The fourth-order valence-electron chi connectivity index (χ4n) is 6.12. The van der Waals surface area contributed by atoms with E-state index in [4.69, 9.17) is 0 Å². The van der Waals surface area contributed by atoms with Crippen molar-refractivity contribution in [1.29, 1.82) is 0 Å². The number of hydrogen-bond donors (Lipinski definition) is 2. The first-order valence-electron chi connectivity index (χ1n) is 11.5. The van der Waals surface area contributed by atoms with Crippen LogP contribution in [0.4, 0.5) is 10.2 Å². The molecule has 2 aliphatic rings. The quantitative estimate of drug-likeness (QED) is 0.623. The van der Waals surface area contributed by atoms with Crippen molar-refractivity contribution >= 4 is 5.82 Å². The maximum Gasteiger partial charge on any atom is 0.147 e. The van der Waals surface area contributed by atoms with Gasteiger partial charge in [0.2, 0.25) is 0 Å². The Kier molecular flexibility index (Phi) is 5.16. The van der Waals surface area contributed by atoms with Crippen LogP contribution >= 0.6 is 0 Å². The number of piperidine rings is 2. The predicted molar refractivity (Wildman–Crippen MR) is 126 cm³/mol. The summed E-state index contributed by atoms with van der Waals surface area (Å²) < 4.78 is 17.6. The molecular weight excluding hydrogens is 419 g/mol. The molecular formula is C25H31FN6O. The highest BCUT2D eigenvalue weighted by Crippen LogP contribution is 2.45. The molecule has 0 aliphatic carbocycles. The maximum atomic E-state index is 15.7. The van der Waals surface area contributed by atoms with Crippen LogP contribution in [-0.4, -0.2) is 55.0 Å². The van der Waals surface area contributed by atoms with Crippen molar-refractivity contribution in [2.24, 2.45) is 5.92 Å². The summed E-state index contributed by atoms with van der Waals surface area (Å²) in [5, 5.41) is 14.2. The van der Waals surface area contributed by atoms with Gasteiger partial charge in [0.25, 0.3) is 0 Å². The summed E-state index contributed by atoms with van der Waals surface area (Å²) in [6.45, 7) is 6.44. The highest BCUT2D eigenvalue weighted by atomic mass is 19.1. The van der Waals surface area contributed by atoms with Crippen molar-refractivity contribution in [2.75, 3.05) is 11.9 Å². The Labute approximate surface area is 193 Å². The lowest BCUT2D eigenvalue weighted by Crippen LogP contribution is -2.73. The van der Waals surface area contributed by atoms with Gasteiger partial charge in [0.05, 0.1) is 36.1 Å². The number of aromatic nitrogens is 4. The smallest absolute Gasteiger partial charge is 0.147 e. The third-order valence-corrected chi connectivity index (χ3v) is 7.32. The summed E-state index contributed by atoms with van der Waals surface area (Å²) in [5.41, 5.74) is 1.33. The molecule has 7 nitrogen and oxygen atoms in total. The maximum absolute atomic E-state index is 15.7. The van der Waals surface area contributed by atoms with Gasteiger partial charge >= 0.3 is 0 Å². The first-order valence-corrected chi connectivity index (χ1v) is 11.5. The molecule has 0 unspecified atom stereocenters. The number of nitrogens with zero attached hydrogens (tertiary/aromatic N) is 5. The van der Waals surface area contributed by atoms with E-state index in [-0.39, 0.29) is 17.3 Å². The minimum absolute atomic E-state index is 0.0932. The number of benzene rings is 1. The van der Waals surface area contributed by atoms with E-state index in [0.29, 0.717) is 29.4 Å². The molecule has 2 bridgehead atoms. The second kappa shape index (κ2) is 7.80. The zero-order valence-electron chi connectivity index (χ0n) is 19.5. The number of anilines is 1. The Bertz CT molecular complexity index is 1140. The lowest BCUT2D eigenvalue weighted by molar-refractivity contribution is -0.0176. The Balaban J connectivity index is 1.38. The third kappa shape index (κ3) is 3.86. The Morgan fingerprint density at radius 2 is 2.00 bits per heavy atom. The Morgan fingerprint density at radius 1 is 1.18 bits per heavy atom. The van der Waals surface area contributed by atoms with Crippen LogP contribution < -0.4 is 10.2 Å². The molecule has 8 heteroatoms. The van der Waals surface area contributed by atoms with Crippen molar-refractivity contribution in [3.05, 3.63) is 49.3 Å². The fourth-order valence-corrected chi connectivity index (χ4v) is 6.12. The van der Waals surface area contributed by atoms with Gasteiger partial charge in [-0.25, -0.2) is 14.4 Å². The number of nitrogens with one attached hydrogen (secondary N) is 1. The molecule has 0 saturated carbocycles. The highest BCUT2D eigenvalue weighted by Gasteiger charge is 2.55. The topological polar surface area (TPSA) is 79.1 Å². The van der Waals surface area contributed by atoms with Gasteiger partial charge in [0, 0.05) is 42.1 Å². The van der Waals surface area contributed by atoms with Gasteiger partial charge in [-0.1, -0.05) is 6.92 Å². The summed E-state index contributed by atoms with van der Waals surface area (Å²) in [6, 6.07) is 5.09. The monoisotopic (exact) mass is 450 g/mol. The summed E-state index contributed by atoms with van der Waals surface area (Å²) in [7, 11) is 1.90. The largest absolute Gasteiger partial charge is 0.507 e. The number of aromatic hydroxyl groups is 1. The summed E-state index contributed by atoms with van der Waals surface area (Å²) in [5.74, 6) is 1.24. The Morgan fingerprint density at radius 3 is 2.67 bits per heavy atom. The van der Waals surface area contributed by atoms with Crippen LogP contribution in [0.15, 0.2) is 49.3 Å². The van der Waals surface area contributed by atoms with E-state index in [1.54, 1.807) is 31.0 Å².